The molecule has 0 spiro atoms. The van der Waals surface area contributed by atoms with Gasteiger partial charge in [0.25, 0.3) is 10.0 Å². The van der Waals surface area contributed by atoms with Gasteiger partial charge in [0.2, 0.25) is 11.8 Å². The number of benzene rings is 4. The molecule has 44 heavy (non-hydrogen) atoms. The highest BCUT2D eigenvalue weighted by atomic mass is 32.2. The van der Waals surface area contributed by atoms with Crippen LogP contribution in [0.25, 0.3) is 0 Å². The van der Waals surface area contributed by atoms with Crippen molar-refractivity contribution in [1.29, 1.82) is 0 Å². The summed E-state index contributed by atoms with van der Waals surface area (Å²) in [5, 5.41) is 2.69. The Bertz CT molecular complexity index is 1680. The average Bonchev–Trinajstić information content (AvgIpc) is 3.06. The first-order chi connectivity index (χ1) is 21.2. The molecule has 230 valence electrons. The maximum Gasteiger partial charge on any atom is 0.264 e. The van der Waals surface area contributed by atoms with Crippen LogP contribution in [0.15, 0.2) is 108 Å². The van der Waals surface area contributed by atoms with Crippen LogP contribution in [0.1, 0.15) is 16.7 Å². The number of anilines is 1. The number of ether oxygens (including phenoxy) is 2. The first kappa shape index (κ1) is 32.1. The van der Waals surface area contributed by atoms with Gasteiger partial charge in [0, 0.05) is 26.1 Å². The molecule has 2 amide bonds. The molecule has 0 saturated heterocycles. The van der Waals surface area contributed by atoms with Crippen molar-refractivity contribution in [1.82, 2.24) is 10.2 Å². The van der Waals surface area contributed by atoms with Gasteiger partial charge < -0.3 is 19.7 Å². The lowest BCUT2D eigenvalue weighted by molar-refractivity contribution is -0.139. The zero-order valence-electron chi connectivity index (χ0n) is 25.3. The number of hydrogen-bond acceptors (Lipinski definition) is 6. The summed E-state index contributed by atoms with van der Waals surface area (Å²) in [6.45, 7) is 1.46. The number of nitrogens with zero attached hydrogens (tertiary/aromatic N) is 2. The minimum Gasteiger partial charge on any atom is -0.493 e. The number of hydrogen-bond donors (Lipinski definition) is 1. The van der Waals surface area contributed by atoms with Gasteiger partial charge in [-0.3, -0.25) is 13.9 Å². The van der Waals surface area contributed by atoms with Crippen molar-refractivity contribution in [3.05, 3.63) is 120 Å². The van der Waals surface area contributed by atoms with E-state index in [0.29, 0.717) is 11.5 Å². The predicted octanol–water partition coefficient (Wildman–Crippen LogP) is 4.59. The predicted molar refractivity (Wildman–Crippen MR) is 170 cm³/mol. The molecule has 0 saturated carbocycles. The van der Waals surface area contributed by atoms with Crippen LogP contribution in [-0.4, -0.2) is 59.0 Å². The van der Waals surface area contributed by atoms with Gasteiger partial charge in [-0.25, -0.2) is 8.42 Å². The minimum atomic E-state index is -4.23. The van der Waals surface area contributed by atoms with E-state index in [2.05, 4.69) is 5.32 Å². The standard InChI is InChI=1S/C34H37N3O6S/c1-25-13-11-12-16-27(25)23-36(30(34(39)35-2)21-26-14-7-5-8-15-26)33(38)24-37(44(40,41)29-17-9-6-10-18-29)28-19-20-31(42-3)32(22-28)43-4/h5-20,22,30H,21,23-24H2,1-4H3,(H,35,39)/t30-/m1/s1. The second-order valence-corrected chi connectivity index (χ2v) is 12.0. The molecule has 4 rings (SSSR count). The van der Waals surface area contributed by atoms with Gasteiger partial charge in [0.1, 0.15) is 12.6 Å². The number of aryl methyl sites for hydroxylation is 1. The van der Waals surface area contributed by atoms with Crippen LogP contribution >= 0.6 is 0 Å². The fourth-order valence-electron chi connectivity index (χ4n) is 4.92. The molecule has 0 radical (unpaired) electrons. The molecule has 0 bridgehead atoms. The number of rotatable bonds is 13. The van der Waals surface area contributed by atoms with Crippen molar-refractivity contribution in [2.75, 3.05) is 32.1 Å². The molecule has 0 aromatic heterocycles. The Morgan fingerprint density at radius 3 is 2.05 bits per heavy atom. The number of carbonyl (C=O) groups excluding carboxylic acids is 2. The highest BCUT2D eigenvalue weighted by molar-refractivity contribution is 7.92. The summed E-state index contributed by atoms with van der Waals surface area (Å²) >= 11 is 0. The van der Waals surface area contributed by atoms with E-state index in [0.717, 1.165) is 21.0 Å². The van der Waals surface area contributed by atoms with Crippen molar-refractivity contribution < 1.29 is 27.5 Å². The largest absolute Gasteiger partial charge is 0.493 e. The van der Waals surface area contributed by atoms with Gasteiger partial charge in [-0.1, -0.05) is 72.8 Å². The van der Waals surface area contributed by atoms with E-state index in [1.165, 1.54) is 44.4 Å². The Hall–Kier alpha value is -4.83. The highest BCUT2D eigenvalue weighted by Crippen LogP contribution is 2.34. The Balaban J connectivity index is 1.83. The third-order valence-corrected chi connectivity index (χ3v) is 9.17. The van der Waals surface area contributed by atoms with Gasteiger partial charge in [0.15, 0.2) is 11.5 Å². The van der Waals surface area contributed by atoms with Gasteiger partial charge in [-0.15, -0.1) is 0 Å². The number of nitrogens with one attached hydrogen (secondary N) is 1. The zero-order chi connectivity index (χ0) is 31.7. The van der Waals surface area contributed by atoms with Crippen LogP contribution in [-0.2, 0) is 32.6 Å². The molecule has 4 aromatic rings. The third kappa shape index (κ3) is 7.38. The summed E-state index contributed by atoms with van der Waals surface area (Å²) in [4.78, 5) is 29.3. The molecular formula is C34H37N3O6S. The van der Waals surface area contributed by atoms with Crippen LogP contribution in [0.4, 0.5) is 5.69 Å². The summed E-state index contributed by atoms with van der Waals surface area (Å²) in [6, 6.07) is 28.6. The van der Waals surface area contributed by atoms with Crippen LogP contribution in [0, 0.1) is 6.92 Å². The van der Waals surface area contributed by atoms with E-state index in [4.69, 9.17) is 9.47 Å². The number of likely N-dealkylation sites (N-methyl/N-ethyl adjacent to an activating group) is 1. The van der Waals surface area contributed by atoms with Gasteiger partial charge in [-0.05, 0) is 47.9 Å². The first-order valence-corrected chi connectivity index (χ1v) is 15.5. The molecule has 0 aliphatic carbocycles. The number of methoxy groups -OCH3 is 2. The molecule has 1 N–H and O–H groups in total. The summed E-state index contributed by atoms with van der Waals surface area (Å²) in [5.41, 5.74) is 2.84. The zero-order valence-corrected chi connectivity index (χ0v) is 26.1. The fourth-order valence-corrected chi connectivity index (χ4v) is 6.35. The normalized spacial score (nSPS) is 11.7. The topological polar surface area (TPSA) is 105 Å². The van der Waals surface area contributed by atoms with E-state index in [-0.39, 0.29) is 29.5 Å². The van der Waals surface area contributed by atoms with Gasteiger partial charge in [-0.2, -0.15) is 0 Å². The van der Waals surface area contributed by atoms with E-state index in [1.54, 1.807) is 30.3 Å². The fraction of sp³-hybridized carbons (Fsp3) is 0.235. The molecule has 0 heterocycles. The van der Waals surface area contributed by atoms with Crippen molar-refractivity contribution in [2.45, 2.75) is 30.8 Å². The Kier molecular flexibility index (Phi) is 10.6. The monoisotopic (exact) mass is 615 g/mol. The second-order valence-electron chi connectivity index (χ2n) is 10.1. The first-order valence-electron chi connectivity index (χ1n) is 14.1. The molecule has 4 aromatic carbocycles. The maximum absolute atomic E-state index is 14.4. The molecular weight excluding hydrogens is 578 g/mol. The summed E-state index contributed by atoms with van der Waals surface area (Å²) < 4.78 is 40.1. The molecule has 0 unspecified atom stereocenters. The lowest BCUT2D eigenvalue weighted by atomic mass is 10.0. The summed E-state index contributed by atoms with van der Waals surface area (Å²) in [5.74, 6) is -0.204. The van der Waals surface area contributed by atoms with E-state index < -0.39 is 28.5 Å². The Morgan fingerprint density at radius 2 is 1.43 bits per heavy atom. The summed E-state index contributed by atoms with van der Waals surface area (Å²) in [6.07, 6.45) is 0.236. The lowest BCUT2D eigenvalue weighted by Crippen LogP contribution is -2.53. The Morgan fingerprint density at radius 1 is 0.818 bits per heavy atom. The lowest BCUT2D eigenvalue weighted by Gasteiger charge is -2.34. The number of amides is 2. The molecule has 0 aliphatic heterocycles. The third-order valence-electron chi connectivity index (χ3n) is 7.38. The highest BCUT2D eigenvalue weighted by Gasteiger charge is 2.34. The van der Waals surface area contributed by atoms with Gasteiger partial charge in [0.05, 0.1) is 24.8 Å². The van der Waals surface area contributed by atoms with Crippen molar-refractivity contribution >= 4 is 27.5 Å². The number of sulfonamides is 1. The van der Waals surface area contributed by atoms with E-state index in [9.17, 15) is 18.0 Å². The van der Waals surface area contributed by atoms with Crippen molar-refractivity contribution in [2.24, 2.45) is 0 Å². The van der Waals surface area contributed by atoms with Gasteiger partial charge >= 0.3 is 0 Å². The van der Waals surface area contributed by atoms with Crippen LogP contribution < -0.4 is 19.1 Å². The molecule has 1 atom stereocenters. The summed E-state index contributed by atoms with van der Waals surface area (Å²) in [7, 11) is 0.220. The van der Waals surface area contributed by atoms with Crippen LogP contribution in [0.2, 0.25) is 0 Å². The van der Waals surface area contributed by atoms with Crippen LogP contribution in [0.3, 0.4) is 0 Å². The maximum atomic E-state index is 14.4. The van der Waals surface area contributed by atoms with Crippen LogP contribution in [0.5, 0.6) is 11.5 Å². The smallest absolute Gasteiger partial charge is 0.264 e. The van der Waals surface area contributed by atoms with Crippen molar-refractivity contribution in [3.63, 3.8) is 0 Å². The van der Waals surface area contributed by atoms with Crippen molar-refractivity contribution in [3.8, 4) is 11.5 Å². The second kappa shape index (κ2) is 14.6. The molecule has 0 fully saturated rings. The minimum absolute atomic E-state index is 0.0141. The van der Waals surface area contributed by atoms with E-state index >= 15 is 0 Å². The molecule has 9 nitrogen and oxygen atoms in total. The average molecular weight is 616 g/mol. The molecule has 10 heteroatoms. The molecule has 0 aliphatic rings. The number of carbonyl (C=O) groups is 2. The van der Waals surface area contributed by atoms with E-state index in [1.807, 2.05) is 61.5 Å². The quantitative estimate of drug-likeness (QED) is 0.236. The SMILES string of the molecule is CNC(=O)[C@@H](Cc1ccccc1)N(Cc1ccccc1C)C(=O)CN(c1ccc(OC)c(OC)c1)S(=O)(=O)c1ccccc1. The Labute approximate surface area is 259 Å².